The lowest BCUT2D eigenvalue weighted by Crippen LogP contribution is -2.38. The van der Waals surface area contributed by atoms with Crippen LogP contribution in [0.5, 0.6) is 0 Å². The fraction of sp³-hybridized carbons (Fsp3) is 0. The molecule has 6 nitrogen and oxygen atoms in total. The van der Waals surface area contributed by atoms with E-state index in [4.69, 9.17) is 17.3 Å². The number of nitrogens with one attached hydrogen (secondary N) is 1. The summed E-state index contributed by atoms with van der Waals surface area (Å²) in [5.41, 5.74) is 7.67. The van der Waals surface area contributed by atoms with Crippen LogP contribution in [-0.2, 0) is 4.84 Å². The average Bonchev–Trinajstić information content (AvgIpc) is 2.19. The van der Waals surface area contributed by atoms with Crippen molar-refractivity contribution in [3.05, 3.63) is 29.3 Å². The maximum Gasteiger partial charge on any atom is 0.273 e. The molecule has 0 aliphatic rings. The largest absolute Gasteiger partial charge is 0.441 e. The molecule has 0 atom stereocenters. The molecule has 80 valence electrons. The van der Waals surface area contributed by atoms with Gasteiger partial charge in [-0.1, -0.05) is 11.6 Å². The van der Waals surface area contributed by atoms with Gasteiger partial charge in [-0.05, 0) is 24.3 Å². The molecule has 1 aromatic rings. The van der Waals surface area contributed by atoms with Gasteiger partial charge >= 0.3 is 0 Å². The predicted octanol–water partition coefficient (Wildman–Crippen LogP) is 0.151. The molecule has 0 heterocycles. The van der Waals surface area contributed by atoms with Crippen LogP contribution in [0.15, 0.2) is 29.3 Å². The molecule has 1 rings (SSSR count). The number of carbonyl (C=O) groups is 1. The Hall–Kier alpha value is -1.95. The normalized spacial score (nSPS) is 10.9. The zero-order chi connectivity index (χ0) is 11.3. The van der Waals surface area contributed by atoms with Gasteiger partial charge < -0.3 is 20.5 Å². The van der Waals surface area contributed by atoms with Gasteiger partial charge in [-0.2, -0.15) is 0 Å². The minimum absolute atomic E-state index is 0.207. The summed E-state index contributed by atoms with van der Waals surface area (Å²) in [6, 6.07) is 6.45. The van der Waals surface area contributed by atoms with Crippen molar-refractivity contribution in [3.63, 3.8) is 0 Å². The number of guanidine groups is 1. The molecular weight excluding hydrogens is 222 g/mol. The monoisotopic (exact) mass is 228 g/mol. The Morgan fingerprint density at radius 2 is 2.07 bits per heavy atom. The number of nitrogens with zero attached hydrogens (tertiary/aromatic N) is 1. The summed E-state index contributed by atoms with van der Waals surface area (Å²) in [4.78, 5) is 17.5. The van der Waals surface area contributed by atoms with Crippen molar-refractivity contribution in [1.82, 2.24) is 5.48 Å². The summed E-state index contributed by atoms with van der Waals surface area (Å²) in [5, 5.41) is 10.4. The summed E-state index contributed by atoms with van der Waals surface area (Å²) in [6.45, 7) is 0. The van der Waals surface area contributed by atoms with Crippen molar-refractivity contribution in [2.24, 2.45) is 10.7 Å². The molecule has 0 aromatic heterocycles. The number of aliphatic imine (C=N–C) groups is 1. The lowest BCUT2D eigenvalue weighted by atomic mass is 10.3. The second kappa shape index (κ2) is 5.06. The van der Waals surface area contributed by atoms with Crippen molar-refractivity contribution in [2.75, 3.05) is 0 Å². The third-order valence-corrected chi connectivity index (χ3v) is 1.57. The number of carbonyl (C=O) groups excluding carboxylic acids is 1. The Morgan fingerprint density at radius 1 is 1.47 bits per heavy atom. The molecule has 0 aliphatic carbocycles. The van der Waals surface area contributed by atoms with Crippen molar-refractivity contribution in [1.29, 1.82) is 0 Å². The fourth-order valence-corrected chi connectivity index (χ4v) is 0.897. The number of halogens is 1. The van der Waals surface area contributed by atoms with E-state index in [1.54, 1.807) is 24.3 Å². The Kier molecular flexibility index (Phi) is 3.75. The molecule has 0 amide bonds. The minimum Gasteiger partial charge on any atom is -0.441 e. The van der Waals surface area contributed by atoms with Crippen LogP contribution < -0.4 is 16.3 Å². The zero-order valence-electron chi connectivity index (χ0n) is 7.44. The highest BCUT2D eigenvalue weighted by atomic mass is 35.5. The topological polar surface area (TPSA) is 99.8 Å². The lowest BCUT2D eigenvalue weighted by molar-refractivity contribution is -0.287. The Bertz CT molecular complexity index is 377. The highest BCUT2D eigenvalue weighted by molar-refractivity contribution is 6.30. The molecule has 0 saturated carbocycles. The smallest absolute Gasteiger partial charge is 0.273 e. The molecule has 0 spiro atoms. The van der Waals surface area contributed by atoms with Gasteiger partial charge in [0.25, 0.3) is 6.16 Å². The van der Waals surface area contributed by atoms with Gasteiger partial charge in [0.2, 0.25) is 5.96 Å². The third-order valence-electron chi connectivity index (χ3n) is 1.32. The van der Waals surface area contributed by atoms with Crippen molar-refractivity contribution >= 4 is 29.4 Å². The number of hydroxylamine groups is 1. The first-order valence-corrected chi connectivity index (χ1v) is 4.19. The zero-order valence-corrected chi connectivity index (χ0v) is 8.19. The Morgan fingerprint density at radius 3 is 2.60 bits per heavy atom. The van der Waals surface area contributed by atoms with Crippen LogP contribution in [0.2, 0.25) is 5.02 Å². The quantitative estimate of drug-likeness (QED) is 0.405. The van der Waals surface area contributed by atoms with E-state index in [1.165, 1.54) is 0 Å². The molecular formula is C8H7ClN3O3-. The van der Waals surface area contributed by atoms with E-state index in [0.717, 1.165) is 0 Å². The minimum atomic E-state index is -1.75. The Balaban J connectivity index is 2.62. The van der Waals surface area contributed by atoms with Gasteiger partial charge in [-0.25, -0.2) is 4.99 Å². The summed E-state index contributed by atoms with van der Waals surface area (Å²) in [7, 11) is 0. The highest BCUT2D eigenvalue weighted by Crippen LogP contribution is 2.15. The number of rotatable bonds is 1. The standard InChI is InChI=1S/C8H8ClN3O3/c9-5-1-3-6(4-2-5)11-7(10)12-15-8(13)14/h1-4H,(H,13,14)(H3,10,11,12)/p-1. The second-order valence-corrected chi connectivity index (χ2v) is 2.86. The number of nitrogens with two attached hydrogens (primary N) is 1. The summed E-state index contributed by atoms with van der Waals surface area (Å²) in [6.07, 6.45) is -1.75. The van der Waals surface area contributed by atoms with Crippen LogP contribution >= 0.6 is 11.6 Å². The molecule has 0 unspecified atom stereocenters. The predicted molar refractivity (Wildman–Crippen MR) is 52.4 cm³/mol. The van der Waals surface area contributed by atoms with E-state index in [0.29, 0.717) is 10.7 Å². The van der Waals surface area contributed by atoms with E-state index in [1.807, 2.05) is 5.48 Å². The van der Waals surface area contributed by atoms with Gasteiger partial charge in [0.05, 0.1) is 5.69 Å². The molecule has 0 saturated heterocycles. The van der Waals surface area contributed by atoms with Crippen molar-refractivity contribution in [2.45, 2.75) is 0 Å². The molecule has 0 radical (unpaired) electrons. The second-order valence-electron chi connectivity index (χ2n) is 2.43. The molecule has 1 aromatic carbocycles. The third kappa shape index (κ3) is 4.19. The molecule has 7 heteroatoms. The summed E-state index contributed by atoms with van der Waals surface area (Å²) >= 11 is 5.64. The first kappa shape index (κ1) is 11.1. The number of hydrogen-bond donors (Lipinski definition) is 2. The number of hydrogen-bond acceptors (Lipinski definition) is 4. The highest BCUT2D eigenvalue weighted by Gasteiger charge is 1.93. The van der Waals surface area contributed by atoms with E-state index in [9.17, 15) is 9.90 Å². The Labute approximate surface area is 90.3 Å². The van der Waals surface area contributed by atoms with Crippen LogP contribution in [0, 0.1) is 0 Å². The van der Waals surface area contributed by atoms with Crippen LogP contribution in [-0.4, -0.2) is 12.1 Å². The van der Waals surface area contributed by atoms with E-state index >= 15 is 0 Å². The van der Waals surface area contributed by atoms with Crippen LogP contribution in [0.1, 0.15) is 0 Å². The van der Waals surface area contributed by atoms with Crippen LogP contribution in [0.4, 0.5) is 10.5 Å². The summed E-state index contributed by atoms with van der Waals surface area (Å²) in [5.74, 6) is -0.207. The van der Waals surface area contributed by atoms with E-state index in [-0.39, 0.29) is 5.96 Å². The molecule has 3 N–H and O–H groups in total. The van der Waals surface area contributed by atoms with E-state index in [2.05, 4.69) is 9.83 Å². The van der Waals surface area contributed by atoms with Gasteiger partial charge in [0, 0.05) is 5.02 Å². The van der Waals surface area contributed by atoms with Crippen LogP contribution in [0.3, 0.4) is 0 Å². The van der Waals surface area contributed by atoms with Crippen molar-refractivity contribution in [3.8, 4) is 0 Å². The first-order chi connectivity index (χ1) is 7.08. The fourth-order valence-electron chi connectivity index (χ4n) is 0.771. The van der Waals surface area contributed by atoms with Gasteiger partial charge in [0.15, 0.2) is 0 Å². The maximum atomic E-state index is 9.88. The van der Waals surface area contributed by atoms with E-state index < -0.39 is 6.16 Å². The average molecular weight is 229 g/mol. The number of benzene rings is 1. The lowest BCUT2D eigenvalue weighted by Gasteiger charge is -2.09. The maximum absolute atomic E-state index is 9.88. The van der Waals surface area contributed by atoms with Gasteiger partial charge in [-0.3, -0.25) is 5.48 Å². The van der Waals surface area contributed by atoms with Gasteiger partial charge in [0.1, 0.15) is 0 Å². The van der Waals surface area contributed by atoms with Crippen molar-refractivity contribution < 1.29 is 14.7 Å². The first-order valence-electron chi connectivity index (χ1n) is 3.81. The molecule has 0 bridgehead atoms. The summed E-state index contributed by atoms with van der Waals surface area (Å²) < 4.78 is 0. The molecule has 0 aliphatic heterocycles. The van der Waals surface area contributed by atoms with Gasteiger partial charge in [-0.15, -0.1) is 0 Å². The SMILES string of the molecule is NC(=Nc1ccc(Cl)cc1)NOC(=O)[O-]. The number of carboxylic acid groups (broad SMARTS) is 1. The molecule has 0 fully saturated rings. The van der Waals surface area contributed by atoms with Crippen LogP contribution in [0.25, 0.3) is 0 Å². The molecule has 15 heavy (non-hydrogen) atoms.